The number of hydrogen-bond donors (Lipinski definition) is 1. The molecule has 0 saturated carbocycles. The second kappa shape index (κ2) is 4.31. The quantitative estimate of drug-likeness (QED) is 0.873. The van der Waals surface area contributed by atoms with Gasteiger partial charge in [-0.25, -0.2) is 0 Å². The summed E-state index contributed by atoms with van der Waals surface area (Å²) in [7, 11) is 0. The summed E-state index contributed by atoms with van der Waals surface area (Å²) in [5.74, 6) is 0. The van der Waals surface area contributed by atoms with Gasteiger partial charge in [-0.05, 0) is 30.5 Å². The first-order chi connectivity index (χ1) is 7.18. The van der Waals surface area contributed by atoms with Crippen LogP contribution in [0.1, 0.15) is 22.4 Å². The van der Waals surface area contributed by atoms with Crippen LogP contribution in [0.4, 0.5) is 0 Å². The van der Waals surface area contributed by atoms with Gasteiger partial charge in [-0.1, -0.05) is 17.7 Å². The van der Waals surface area contributed by atoms with Crippen molar-refractivity contribution in [1.82, 2.24) is 4.98 Å². The minimum Gasteiger partial charge on any atom is -0.381 e. The first-order valence-electron chi connectivity index (χ1n) is 4.53. The lowest BCUT2D eigenvalue weighted by molar-refractivity contribution is 0.219. The highest BCUT2D eigenvalue weighted by Crippen LogP contribution is 2.31. The van der Waals surface area contributed by atoms with Crippen LogP contribution in [-0.2, 0) is 0 Å². The largest absolute Gasteiger partial charge is 0.381 e. The number of nitrogens with zero attached hydrogens (tertiary/aromatic N) is 1. The molecule has 0 bridgehead atoms. The SMILES string of the molecule is Cc1cccc(C(O)c2sccc2Cl)n1. The maximum Gasteiger partial charge on any atom is 0.132 e. The molecule has 0 fully saturated rings. The fourth-order valence-corrected chi connectivity index (χ4v) is 2.51. The van der Waals surface area contributed by atoms with E-state index >= 15 is 0 Å². The first kappa shape index (κ1) is 10.6. The van der Waals surface area contributed by atoms with Crippen molar-refractivity contribution < 1.29 is 5.11 Å². The lowest BCUT2D eigenvalue weighted by atomic mass is 10.2. The molecular formula is C11H10ClNOS. The summed E-state index contributed by atoms with van der Waals surface area (Å²) in [4.78, 5) is 5.01. The molecule has 0 saturated heterocycles. The minimum atomic E-state index is -0.725. The van der Waals surface area contributed by atoms with Crippen molar-refractivity contribution in [1.29, 1.82) is 0 Å². The van der Waals surface area contributed by atoms with E-state index in [2.05, 4.69) is 4.98 Å². The highest BCUT2D eigenvalue weighted by atomic mass is 35.5. The third-order valence-electron chi connectivity index (χ3n) is 2.08. The van der Waals surface area contributed by atoms with Gasteiger partial charge < -0.3 is 5.11 Å². The number of aromatic nitrogens is 1. The van der Waals surface area contributed by atoms with E-state index in [0.29, 0.717) is 10.7 Å². The number of hydrogen-bond acceptors (Lipinski definition) is 3. The van der Waals surface area contributed by atoms with Crippen LogP contribution in [0.25, 0.3) is 0 Å². The molecule has 4 heteroatoms. The van der Waals surface area contributed by atoms with Crippen LogP contribution in [0.2, 0.25) is 5.02 Å². The molecule has 0 amide bonds. The Hall–Kier alpha value is -0.900. The van der Waals surface area contributed by atoms with Gasteiger partial charge in [0.25, 0.3) is 0 Å². The maximum absolute atomic E-state index is 10.0. The molecule has 78 valence electrons. The van der Waals surface area contributed by atoms with Crippen molar-refractivity contribution in [3.63, 3.8) is 0 Å². The first-order valence-corrected chi connectivity index (χ1v) is 5.79. The number of aliphatic hydroxyl groups excluding tert-OH is 1. The molecule has 1 atom stereocenters. The fourth-order valence-electron chi connectivity index (χ4n) is 1.35. The topological polar surface area (TPSA) is 33.1 Å². The van der Waals surface area contributed by atoms with Gasteiger partial charge in [-0.2, -0.15) is 0 Å². The molecule has 2 heterocycles. The Morgan fingerprint density at radius 1 is 1.40 bits per heavy atom. The highest BCUT2D eigenvalue weighted by molar-refractivity contribution is 7.10. The van der Waals surface area contributed by atoms with Gasteiger partial charge in [-0.3, -0.25) is 4.98 Å². The van der Waals surface area contributed by atoms with Crippen molar-refractivity contribution in [3.05, 3.63) is 50.9 Å². The zero-order valence-electron chi connectivity index (χ0n) is 8.14. The van der Waals surface area contributed by atoms with E-state index in [9.17, 15) is 5.11 Å². The lowest BCUT2D eigenvalue weighted by Gasteiger charge is -2.09. The molecule has 0 radical (unpaired) electrons. The maximum atomic E-state index is 10.0. The Morgan fingerprint density at radius 3 is 2.80 bits per heavy atom. The van der Waals surface area contributed by atoms with Gasteiger partial charge in [0.05, 0.1) is 15.6 Å². The van der Waals surface area contributed by atoms with Gasteiger partial charge in [0, 0.05) is 5.69 Å². The number of rotatable bonds is 2. The predicted molar refractivity (Wildman–Crippen MR) is 62.4 cm³/mol. The molecule has 15 heavy (non-hydrogen) atoms. The number of aliphatic hydroxyl groups is 1. The van der Waals surface area contributed by atoms with Crippen molar-refractivity contribution in [2.24, 2.45) is 0 Å². The lowest BCUT2D eigenvalue weighted by Crippen LogP contribution is -2.01. The highest BCUT2D eigenvalue weighted by Gasteiger charge is 2.16. The van der Waals surface area contributed by atoms with Gasteiger partial charge in [0.1, 0.15) is 6.10 Å². The van der Waals surface area contributed by atoms with Crippen molar-refractivity contribution in [3.8, 4) is 0 Å². The van der Waals surface area contributed by atoms with Gasteiger partial charge in [0.15, 0.2) is 0 Å². The average Bonchev–Trinajstić information content (AvgIpc) is 2.63. The molecular weight excluding hydrogens is 230 g/mol. The molecule has 0 aromatic carbocycles. The standard InChI is InChI=1S/C11H10ClNOS/c1-7-3-2-4-9(13-7)10(14)11-8(12)5-6-15-11/h2-6,10,14H,1H3. The monoisotopic (exact) mass is 239 g/mol. The molecule has 2 nitrogen and oxygen atoms in total. The minimum absolute atomic E-state index is 0.593. The molecule has 2 aromatic heterocycles. The zero-order chi connectivity index (χ0) is 10.8. The molecule has 1 N–H and O–H groups in total. The van der Waals surface area contributed by atoms with Crippen LogP contribution < -0.4 is 0 Å². The molecule has 0 aliphatic heterocycles. The Balaban J connectivity index is 2.36. The van der Waals surface area contributed by atoms with Crippen LogP contribution in [0, 0.1) is 6.92 Å². The number of aryl methyl sites for hydroxylation is 1. The zero-order valence-corrected chi connectivity index (χ0v) is 9.72. The summed E-state index contributed by atoms with van der Waals surface area (Å²) in [5, 5.41) is 12.5. The molecule has 0 spiro atoms. The second-order valence-electron chi connectivity index (χ2n) is 3.24. The predicted octanol–water partition coefficient (Wildman–Crippen LogP) is 3.19. The van der Waals surface area contributed by atoms with E-state index < -0.39 is 6.10 Å². The van der Waals surface area contributed by atoms with Crippen molar-refractivity contribution >= 4 is 22.9 Å². The third-order valence-corrected chi connectivity index (χ3v) is 3.49. The van der Waals surface area contributed by atoms with E-state index in [1.54, 1.807) is 12.1 Å². The number of pyridine rings is 1. The van der Waals surface area contributed by atoms with E-state index in [0.717, 1.165) is 10.6 Å². The number of thiophene rings is 1. The van der Waals surface area contributed by atoms with Crippen LogP contribution in [0.15, 0.2) is 29.6 Å². The second-order valence-corrected chi connectivity index (χ2v) is 4.59. The Bertz CT molecular complexity index is 469. The van der Waals surface area contributed by atoms with Crippen molar-refractivity contribution in [2.45, 2.75) is 13.0 Å². The van der Waals surface area contributed by atoms with Gasteiger partial charge in [-0.15, -0.1) is 11.3 Å². The van der Waals surface area contributed by atoms with Gasteiger partial charge >= 0.3 is 0 Å². The Morgan fingerprint density at radius 2 is 2.20 bits per heavy atom. The van der Waals surface area contributed by atoms with Gasteiger partial charge in [0.2, 0.25) is 0 Å². The smallest absolute Gasteiger partial charge is 0.132 e. The molecule has 2 rings (SSSR count). The van der Waals surface area contributed by atoms with E-state index in [-0.39, 0.29) is 0 Å². The summed E-state index contributed by atoms with van der Waals surface area (Å²) in [6.07, 6.45) is -0.725. The normalized spacial score (nSPS) is 12.7. The third kappa shape index (κ3) is 2.20. The Kier molecular flexibility index (Phi) is 3.05. The molecule has 1 unspecified atom stereocenters. The summed E-state index contributed by atoms with van der Waals surface area (Å²) in [6, 6.07) is 7.35. The number of halogens is 1. The Labute approximate surface area is 97.2 Å². The average molecular weight is 240 g/mol. The summed E-state index contributed by atoms with van der Waals surface area (Å²) >= 11 is 7.38. The van der Waals surface area contributed by atoms with E-state index in [1.807, 2.05) is 24.4 Å². The fraction of sp³-hybridized carbons (Fsp3) is 0.182. The van der Waals surface area contributed by atoms with Crippen LogP contribution >= 0.6 is 22.9 Å². The summed E-state index contributed by atoms with van der Waals surface area (Å²) < 4.78 is 0. The molecule has 2 aromatic rings. The summed E-state index contributed by atoms with van der Waals surface area (Å²) in [6.45, 7) is 1.90. The van der Waals surface area contributed by atoms with Crippen LogP contribution in [-0.4, -0.2) is 10.1 Å². The summed E-state index contributed by atoms with van der Waals surface area (Å²) in [5.41, 5.74) is 1.53. The van der Waals surface area contributed by atoms with Crippen molar-refractivity contribution in [2.75, 3.05) is 0 Å². The molecule has 0 aliphatic carbocycles. The van der Waals surface area contributed by atoms with Crippen LogP contribution in [0.3, 0.4) is 0 Å². The van der Waals surface area contributed by atoms with Crippen LogP contribution in [0.5, 0.6) is 0 Å². The molecule has 0 aliphatic rings. The van der Waals surface area contributed by atoms with E-state index in [1.165, 1.54) is 11.3 Å². The van der Waals surface area contributed by atoms with E-state index in [4.69, 9.17) is 11.6 Å².